The van der Waals surface area contributed by atoms with Crippen molar-refractivity contribution in [3.05, 3.63) is 40.4 Å². The molecule has 0 aliphatic rings. The summed E-state index contributed by atoms with van der Waals surface area (Å²) in [5.74, 6) is 0.230. The molecule has 1 heterocycles. The molecule has 5 nitrogen and oxygen atoms in total. The minimum Gasteiger partial charge on any atom is -0.347 e. The predicted molar refractivity (Wildman–Crippen MR) is 79.0 cm³/mol. The number of aromatic nitrogens is 2. The summed E-state index contributed by atoms with van der Waals surface area (Å²) in [4.78, 5) is 30.2. The zero-order chi connectivity index (χ0) is 14.9. The van der Waals surface area contributed by atoms with Gasteiger partial charge in [-0.2, -0.15) is 0 Å². The van der Waals surface area contributed by atoms with Gasteiger partial charge < -0.3 is 4.90 Å². The number of carbonyl (C=O) groups is 1. The average Bonchev–Trinajstić information content (AvgIpc) is 2.41. The molecule has 20 heavy (non-hydrogen) atoms. The van der Waals surface area contributed by atoms with E-state index in [1.807, 2.05) is 6.07 Å². The molecule has 1 amide bonds. The molecule has 0 saturated heterocycles. The molecular formula is C14H16ClN3O2. The lowest BCUT2D eigenvalue weighted by Gasteiger charge is -2.16. The zero-order valence-electron chi connectivity index (χ0n) is 11.6. The van der Waals surface area contributed by atoms with Crippen LogP contribution in [-0.4, -0.2) is 34.5 Å². The van der Waals surface area contributed by atoms with Gasteiger partial charge in [-0.25, -0.2) is 4.98 Å². The fourth-order valence-corrected chi connectivity index (χ4v) is 2.08. The monoisotopic (exact) mass is 293 g/mol. The van der Waals surface area contributed by atoms with Gasteiger partial charge >= 0.3 is 0 Å². The lowest BCUT2D eigenvalue weighted by Crippen LogP contribution is -2.34. The quantitative estimate of drug-likeness (QED) is 0.811. The first kappa shape index (κ1) is 14.5. The normalized spacial score (nSPS) is 12.4. The third-order valence-corrected chi connectivity index (χ3v) is 3.23. The van der Waals surface area contributed by atoms with Crippen LogP contribution in [0.25, 0.3) is 10.9 Å². The molecule has 0 saturated carbocycles. The summed E-state index contributed by atoms with van der Waals surface area (Å²) in [6, 6.07) is 7.04. The number of benzene rings is 1. The van der Waals surface area contributed by atoms with E-state index in [0.29, 0.717) is 16.7 Å². The first-order chi connectivity index (χ1) is 9.41. The van der Waals surface area contributed by atoms with Gasteiger partial charge in [0.25, 0.3) is 5.56 Å². The Bertz CT molecular complexity index is 707. The highest BCUT2D eigenvalue weighted by molar-refractivity contribution is 6.20. The second-order valence-corrected chi connectivity index (χ2v) is 5.44. The number of hydrogen-bond donors (Lipinski definition) is 0. The molecule has 1 aromatic heterocycles. The van der Waals surface area contributed by atoms with Crippen molar-refractivity contribution >= 4 is 28.4 Å². The van der Waals surface area contributed by atoms with Crippen LogP contribution in [0.15, 0.2) is 29.1 Å². The van der Waals surface area contributed by atoms with E-state index in [2.05, 4.69) is 4.98 Å². The summed E-state index contributed by atoms with van der Waals surface area (Å²) in [7, 11) is 3.29. The van der Waals surface area contributed by atoms with Crippen LogP contribution in [0.1, 0.15) is 18.1 Å². The zero-order valence-corrected chi connectivity index (χ0v) is 12.4. The second kappa shape index (κ2) is 5.63. The van der Waals surface area contributed by atoms with Crippen molar-refractivity contribution < 1.29 is 4.79 Å². The predicted octanol–water partition coefficient (Wildman–Crippen LogP) is 1.78. The minimum atomic E-state index is -0.456. The summed E-state index contributed by atoms with van der Waals surface area (Å²) in [6.07, 6.45) is 0. The summed E-state index contributed by atoms with van der Waals surface area (Å²) in [6.45, 7) is 1.67. The van der Waals surface area contributed by atoms with Gasteiger partial charge in [0, 0.05) is 14.1 Å². The Kier molecular flexibility index (Phi) is 4.09. The van der Waals surface area contributed by atoms with Gasteiger partial charge in [-0.05, 0) is 19.1 Å². The van der Waals surface area contributed by atoms with Gasteiger partial charge in [-0.1, -0.05) is 12.1 Å². The number of carbonyl (C=O) groups excluding carboxylic acids is 1. The highest BCUT2D eigenvalue weighted by Gasteiger charge is 2.17. The summed E-state index contributed by atoms with van der Waals surface area (Å²) in [5.41, 5.74) is 0.349. The number of halogens is 1. The molecule has 0 radical (unpaired) electrons. The first-order valence-corrected chi connectivity index (χ1v) is 6.69. The number of para-hydroxylation sites is 1. The summed E-state index contributed by atoms with van der Waals surface area (Å²) >= 11 is 6.10. The fraction of sp³-hybridized carbons (Fsp3) is 0.357. The van der Waals surface area contributed by atoms with E-state index >= 15 is 0 Å². The Morgan fingerprint density at radius 3 is 2.65 bits per heavy atom. The molecule has 1 aromatic carbocycles. The molecule has 0 spiro atoms. The SMILES string of the molecule is CC(Cl)c1nc2ccccc2c(=O)n1CC(=O)N(C)C. The number of likely N-dealkylation sites (N-methyl/N-ethyl adjacent to an activating group) is 1. The standard InChI is InChI=1S/C14H16ClN3O2/c1-9(15)13-16-11-7-5-4-6-10(11)14(20)18(13)8-12(19)17(2)3/h4-7,9H,8H2,1-3H3. The van der Waals surface area contributed by atoms with E-state index in [4.69, 9.17) is 11.6 Å². The highest BCUT2D eigenvalue weighted by Crippen LogP contribution is 2.18. The van der Waals surface area contributed by atoms with E-state index in [1.165, 1.54) is 9.47 Å². The third-order valence-electron chi connectivity index (χ3n) is 3.04. The van der Waals surface area contributed by atoms with Crippen molar-refractivity contribution in [2.24, 2.45) is 0 Å². The van der Waals surface area contributed by atoms with Crippen LogP contribution in [0.2, 0.25) is 0 Å². The Balaban J connectivity index is 2.67. The third kappa shape index (κ3) is 2.67. The van der Waals surface area contributed by atoms with Crippen molar-refractivity contribution in [2.75, 3.05) is 14.1 Å². The van der Waals surface area contributed by atoms with Crippen molar-refractivity contribution in [1.82, 2.24) is 14.5 Å². The van der Waals surface area contributed by atoms with Crippen LogP contribution in [0.3, 0.4) is 0 Å². The first-order valence-electron chi connectivity index (χ1n) is 6.25. The molecule has 2 aromatic rings. The molecule has 2 rings (SSSR count). The number of fused-ring (bicyclic) bond motifs is 1. The van der Waals surface area contributed by atoms with E-state index < -0.39 is 5.38 Å². The molecule has 6 heteroatoms. The summed E-state index contributed by atoms with van der Waals surface area (Å²) < 4.78 is 1.35. The molecular weight excluding hydrogens is 278 g/mol. The Morgan fingerprint density at radius 1 is 1.40 bits per heavy atom. The lowest BCUT2D eigenvalue weighted by atomic mass is 10.2. The lowest BCUT2D eigenvalue weighted by molar-refractivity contribution is -0.129. The molecule has 0 N–H and O–H groups in total. The van der Waals surface area contributed by atoms with Crippen molar-refractivity contribution in [1.29, 1.82) is 0 Å². The molecule has 0 bridgehead atoms. The number of amides is 1. The highest BCUT2D eigenvalue weighted by atomic mass is 35.5. The van der Waals surface area contributed by atoms with Crippen LogP contribution in [0.5, 0.6) is 0 Å². The number of hydrogen-bond acceptors (Lipinski definition) is 3. The maximum atomic E-state index is 12.5. The fourth-order valence-electron chi connectivity index (χ4n) is 1.92. The maximum absolute atomic E-state index is 12.5. The van der Waals surface area contributed by atoms with Crippen LogP contribution in [-0.2, 0) is 11.3 Å². The minimum absolute atomic E-state index is 0.0595. The number of rotatable bonds is 3. The van der Waals surface area contributed by atoms with Crippen LogP contribution < -0.4 is 5.56 Å². The molecule has 106 valence electrons. The van der Waals surface area contributed by atoms with Gasteiger partial charge in [-0.15, -0.1) is 11.6 Å². The molecule has 0 aliphatic carbocycles. The van der Waals surface area contributed by atoms with Crippen LogP contribution in [0.4, 0.5) is 0 Å². The van der Waals surface area contributed by atoms with Gasteiger partial charge in [0.1, 0.15) is 12.4 Å². The van der Waals surface area contributed by atoms with Gasteiger partial charge in [0.05, 0.1) is 16.3 Å². The largest absolute Gasteiger partial charge is 0.347 e. The van der Waals surface area contributed by atoms with Gasteiger partial charge in [-0.3, -0.25) is 14.2 Å². The smallest absolute Gasteiger partial charge is 0.261 e. The van der Waals surface area contributed by atoms with Crippen molar-refractivity contribution in [3.63, 3.8) is 0 Å². The van der Waals surface area contributed by atoms with E-state index in [-0.39, 0.29) is 18.0 Å². The number of alkyl halides is 1. The summed E-state index contributed by atoms with van der Waals surface area (Å²) in [5, 5.41) is 0.0300. The number of nitrogens with zero attached hydrogens (tertiary/aromatic N) is 3. The van der Waals surface area contributed by atoms with Crippen molar-refractivity contribution in [2.45, 2.75) is 18.8 Å². The Hall–Kier alpha value is -1.88. The molecule has 0 fully saturated rings. The van der Waals surface area contributed by atoms with E-state index in [0.717, 1.165) is 0 Å². The second-order valence-electron chi connectivity index (χ2n) is 4.78. The van der Waals surface area contributed by atoms with E-state index in [1.54, 1.807) is 39.2 Å². The molecule has 1 unspecified atom stereocenters. The van der Waals surface area contributed by atoms with E-state index in [9.17, 15) is 9.59 Å². The van der Waals surface area contributed by atoms with Gasteiger partial charge in [0.2, 0.25) is 5.91 Å². The molecule has 1 atom stereocenters. The van der Waals surface area contributed by atoms with Crippen LogP contribution in [0, 0.1) is 0 Å². The van der Waals surface area contributed by atoms with Crippen molar-refractivity contribution in [3.8, 4) is 0 Å². The Labute approximate surface area is 121 Å². The maximum Gasteiger partial charge on any atom is 0.261 e. The molecule has 0 aliphatic heterocycles. The Morgan fingerprint density at radius 2 is 2.05 bits per heavy atom. The van der Waals surface area contributed by atoms with Crippen LogP contribution >= 0.6 is 11.6 Å². The van der Waals surface area contributed by atoms with Gasteiger partial charge in [0.15, 0.2) is 0 Å². The average molecular weight is 294 g/mol. The topological polar surface area (TPSA) is 55.2 Å².